The molecule has 7 nitrogen and oxygen atoms in total. The summed E-state index contributed by atoms with van der Waals surface area (Å²) in [5.41, 5.74) is 0.155. The van der Waals surface area contributed by atoms with E-state index in [0.717, 1.165) is 12.0 Å². The molecule has 33 heavy (non-hydrogen) atoms. The normalized spacial score (nSPS) is 11.8. The summed E-state index contributed by atoms with van der Waals surface area (Å²) in [6.07, 6.45) is 5.38. The first-order valence-corrected chi connectivity index (χ1v) is 11.3. The summed E-state index contributed by atoms with van der Waals surface area (Å²) in [7, 11) is 0. The molecule has 0 bridgehead atoms. The maximum absolute atomic E-state index is 13.0. The quantitative estimate of drug-likeness (QED) is 0.225. The summed E-state index contributed by atoms with van der Waals surface area (Å²) in [6.45, 7) is 11.3. The summed E-state index contributed by atoms with van der Waals surface area (Å²) in [4.78, 5) is 39.3. The Kier molecular flexibility index (Phi) is 12.8. The van der Waals surface area contributed by atoms with E-state index in [4.69, 9.17) is 4.74 Å². The molecule has 0 radical (unpaired) electrons. The van der Waals surface area contributed by atoms with Crippen LogP contribution in [0.5, 0.6) is 0 Å². The fourth-order valence-electron chi connectivity index (χ4n) is 3.24. The zero-order valence-electron chi connectivity index (χ0n) is 19.9. The molecular weight excluding hydrogens is 420 g/mol. The van der Waals surface area contributed by atoms with Crippen LogP contribution in [0.3, 0.4) is 0 Å². The number of esters is 1. The molecule has 0 fully saturated rings. The van der Waals surface area contributed by atoms with E-state index in [9.17, 15) is 19.5 Å². The van der Waals surface area contributed by atoms with Gasteiger partial charge in [0, 0.05) is 25.9 Å². The molecule has 0 saturated carbocycles. The van der Waals surface area contributed by atoms with Gasteiger partial charge < -0.3 is 20.1 Å². The number of ether oxygens (including phenoxy) is 1. The van der Waals surface area contributed by atoms with Gasteiger partial charge in [-0.1, -0.05) is 42.5 Å². The van der Waals surface area contributed by atoms with Gasteiger partial charge in [0.05, 0.1) is 18.1 Å². The lowest BCUT2D eigenvalue weighted by molar-refractivity contribution is -0.147. The number of carbonyl (C=O) groups is 3. The highest BCUT2D eigenvalue weighted by atomic mass is 16.5. The van der Waals surface area contributed by atoms with E-state index in [1.807, 2.05) is 30.3 Å². The molecule has 182 valence electrons. The van der Waals surface area contributed by atoms with E-state index >= 15 is 0 Å². The van der Waals surface area contributed by atoms with Gasteiger partial charge in [-0.2, -0.15) is 0 Å². The Bertz CT molecular complexity index is 776. The highest BCUT2D eigenvalue weighted by molar-refractivity contribution is 5.86. The number of aliphatic hydroxyl groups is 1. The minimum Gasteiger partial charge on any atom is -0.463 e. The lowest BCUT2D eigenvalue weighted by Crippen LogP contribution is -2.50. The average Bonchev–Trinajstić information content (AvgIpc) is 2.77. The van der Waals surface area contributed by atoms with E-state index in [2.05, 4.69) is 18.5 Å². The lowest BCUT2D eigenvalue weighted by Gasteiger charge is -2.29. The highest BCUT2D eigenvalue weighted by Crippen LogP contribution is 2.16. The number of nitrogens with zero attached hydrogens (tertiary/aromatic N) is 1. The number of carbonyl (C=O) groups excluding carboxylic acids is 3. The van der Waals surface area contributed by atoms with Gasteiger partial charge in [-0.15, -0.1) is 13.2 Å². The number of amides is 2. The molecule has 2 amide bonds. The maximum atomic E-state index is 13.0. The van der Waals surface area contributed by atoms with Crippen LogP contribution >= 0.6 is 0 Å². The highest BCUT2D eigenvalue weighted by Gasteiger charge is 2.29. The first-order chi connectivity index (χ1) is 15.7. The third kappa shape index (κ3) is 11.5. The van der Waals surface area contributed by atoms with Gasteiger partial charge >= 0.3 is 5.97 Å². The fraction of sp³-hybridized carbons (Fsp3) is 0.500. The molecule has 1 rings (SSSR count). The largest absolute Gasteiger partial charge is 0.463 e. The van der Waals surface area contributed by atoms with Gasteiger partial charge in [0.1, 0.15) is 6.61 Å². The maximum Gasteiger partial charge on any atom is 0.305 e. The van der Waals surface area contributed by atoms with Gasteiger partial charge in [0.25, 0.3) is 0 Å². The molecule has 1 aromatic carbocycles. The molecule has 1 aromatic rings. The Morgan fingerprint density at radius 3 is 2.48 bits per heavy atom. The molecule has 2 N–H and O–H groups in total. The first kappa shape index (κ1) is 28.1. The molecule has 7 heteroatoms. The van der Waals surface area contributed by atoms with Gasteiger partial charge in [-0.3, -0.25) is 14.4 Å². The van der Waals surface area contributed by atoms with E-state index in [-0.39, 0.29) is 44.0 Å². The van der Waals surface area contributed by atoms with E-state index in [1.54, 1.807) is 30.9 Å². The second-order valence-corrected chi connectivity index (χ2v) is 8.66. The SMILES string of the molecule is C=CCCCC(=O)OCC(C)(C)NC(=O)[C@@H](CC=C)CC(=O)N(CCO)Cc1ccccc1. The molecule has 0 aliphatic heterocycles. The number of aliphatic hydroxyl groups excluding tert-OH is 1. The number of hydrogen-bond acceptors (Lipinski definition) is 5. The Morgan fingerprint density at radius 1 is 1.18 bits per heavy atom. The number of allylic oxidation sites excluding steroid dienone is 2. The van der Waals surface area contributed by atoms with Crippen LogP contribution in [0.15, 0.2) is 55.6 Å². The van der Waals surface area contributed by atoms with E-state index in [1.165, 1.54) is 0 Å². The van der Waals surface area contributed by atoms with Crippen LogP contribution in [0.25, 0.3) is 0 Å². The molecule has 0 unspecified atom stereocenters. The molecule has 0 aromatic heterocycles. The number of hydrogen-bond donors (Lipinski definition) is 2. The molecule has 0 spiro atoms. The monoisotopic (exact) mass is 458 g/mol. The van der Waals surface area contributed by atoms with Crippen molar-refractivity contribution in [2.75, 3.05) is 19.8 Å². The number of benzene rings is 1. The molecule has 0 saturated heterocycles. The topological polar surface area (TPSA) is 95.9 Å². The van der Waals surface area contributed by atoms with Crippen molar-refractivity contribution in [1.82, 2.24) is 10.2 Å². The standard InChI is InChI=1S/C26H38N2O5/c1-5-7-9-15-24(31)33-20-26(3,4)27-25(32)22(12-6-2)18-23(30)28(16-17-29)19-21-13-10-8-11-14-21/h5-6,8,10-11,13-14,22,29H,1-2,7,9,12,15-20H2,3-4H3,(H,27,32)/t22-/m0/s1. The summed E-state index contributed by atoms with van der Waals surface area (Å²) in [5, 5.41) is 12.3. The zero-order valence-corrected chi connectivity index (χ0v) is 19.9. The molecular formula is C26H38N2O5. The predicted octanol–water partition coefficient (Wildman–Crippen LogP) is 3.38. The zero-order chi connectivity index (χ0) is 24.7. The lowest BCUT2D eigenvalue weighted by atomic mass is 9.97. The predicted molar refractivity (Wildman–Crippen MR) is 129 cm³/mol. The summed E-state index contributed by atoms with van der Waals surface area (Å²) >= 11 is 0. The van der Waals surface area contributed by atoms with Crippen LogP contribution in [0.4, 0.5) is 0 Å². The Hall–Kier alpha value is -2.93. The Labute approximate surface area is 197 Å². The van der Waals surface area contributed by atoms with Crippen LogP contribution in [0.2, 0.25) is 0 Å². The van der Waals surface area contributed by atoms with Crippen LogP contribution in [-0.4, -0.2) is 53.1 Å². The molecule has 0 aliphatic rings. The minimum absolute atomic E-state index is 0.0118. The summed E-state index contributed by atoms with van der Waals surface area (Å²) < 4.78 is 5.30. The number of rotatable bonds is 16. The molecule has 0 heterocycles. The second-order valence-electron chi connectivity index (χ2n) is 8.66. The van der Waals surface area contributed by atoms with Crippen molar-refractivity contribution in [3.05, 3.63) is 61.2 Å². The second kappa shape index (κ2) is 15.0. The van der Waals surface area contributed by atoms with Gasteiger partial charge in [0.15, 0.2) is 0 Å². The van der Waals surface area contributed by atoms with Crippen LogP contribution < -0.4 is 5.32 Å². The van der Waals surface area contributed by atoms with E-state index < -0.39 is 11.5 Å². The van der Waals surface area contributed by atoms with Crippen molar-refractivity contribution in [1.29, 1.82) is 0 Å². The number of unbranched alkanes of at least 4 members (excludes halogenated alkanes) is 1. The molecule has 1 atom stereocenters. The summed E-state index contributed by atoms with van der Waals surface area (Å²) in [6, 6.07) is 9.49. The first-order valence-electron chi connectivity index (χ1n) is 11.3. The van der Waals surface area contributed by atoms with Crippen LogP contribution in [0.1, 0.15) is 51.5 Å². The van der Waals surface area contributed by atoms with E-state index in [0.29, 0.717) is 25.8 Å². The van der Waals surface area contributed by atoms with Crippen molar-refractivity contribution in [2.24, 2.45) is 5.92 Å². The van der Waals surface area contributed by atoms with Crippen molar-refractivity contribution in [3.8, 4) is 0 Å². The van der Waals surface area contributed by atoms with Crippen molar-refractivity contribution >= 4 is 17.8 Å². The third-order valence-electron chi connectivity index (χ3n) is 5.03. The Morgan fingerprint density at radius 2 is 1.88 bits per heavy atom. The van der Waals surface area contributed by atoms with Crippen molar-refractivity contribution in [3.63, 3.8) is 0 Å². The minimum atomic E-state index is -0.789. The number of nitrogens with one attached hydrogen (secondary N) is 1. The average molecular weight is 459 g/mol. The smallest absolute Gasteiger partial charge is 0.305 e. The van der Waals surface area contributed by atoms with Crippen LogP contribution in [-0.2, 0) is 25.7 Å². The van der Waals surface area contributed by atoms with Gasteiger partial charge in [-0.25, -0.2) is 0 Å². The molecule has 0 aliphatic carbocycles. The summed E-state index contributed by atoms with van der Waals surface area (Å²) in [5.74, 6) is -1.46. The van der Waals surface area contributed by atoms with Crippen molar-refractivity contribution in [2.45, 2.75) is 58.0 Å². The van der Waals surface area contributed by atoms with Crippen LogP contribution in [0, 0.1) is 5.92 Å². The fourth-order valence-corrected chi connectivity index (χ4v) is 3.24. The third-order valence-corrected chi connectivity index (χ3v) is 5.03. The van der Waals surface area contributed by atoms with Gasteiger partial charge in [0.2, 0.25) is 11.8 Å². The van der Waals surface area contributed by atoms with Gasteiger partial charge in [-0.05, 0) is 38.7 Å². The van der Waals surface area contributed by atoms with Crippen molar-refractivity contribution < 1.29 is 24.2 Å². The Balaban J connectivity index is 2.71.